The third kappa shape index (κ3) is 6.49. The van der Waals surface area contributed by atoms with Gasteiger partial charge in [0.05, 0.1) is 13.1 Å². The van der Waals surface area contributed by atoms with Crippen molar-refractivity contribution in [2.75, 3.05) is 26.7 Å². The molecule has 0 aliphatic rings. The molecule has 0 aliphatic carbocycles. The fraction of sp³-hybridized carbons (Fsp3) is 0.385. The Morgan fingerprint density at radius 2 is 1.90 bits per heavy atom. The van der Waals surface area contributed by atoms with Gasteiger partial charge in [0.2, 0.25) is 11.8 Å². The molecule has 0 spiro atoms. The van der Waals surface area contributed by atoms with Crippen LogP contribution in [0.4, 0.5) is 4.39 Å². The van der Waals surface area contributed by atoms with Crippen LogP contribution in [0.1, 0.15) is 5.56 Å². The summed E-state index contributed by atoms with van der Waals surface area (Å²) in [4.78, 5) is 24.1. The van der Waals surface area contributed by atoms with Gasteiger partial charge in [-0.25, -0.2) is 4.39 Å². The molecule has 0 aromatic heterocycles. The van der Waals surface area contributed by atoms with Crippen molar-refractivity contribution in [3.63, 3.8) is 0 Å². The lowest BCUT2D eigenvalue weighted by molar-refractivity contribution is -0.131. The van der Waals surface area contributed by atoms with Crippen LogP contribution in [0.3, 0.4) is 0 Å². The van der Waals surface area contributed by atoms with Crippen LogP contribution in [0.5, 0.6) is 0 Å². The van der Waals surface area contributed by atoms with Crippen LogP contribution in [0.25, 0.3) is 0 Å². The molecule has 3 N–H and O–H groups in total. The maximum absolute atomic E-state index is 12.7. The standard InChI is InChI=1S/C13H18FN3O2.ClH/c1-17(13(19)9-16-12(18)8-15)7-6-10-2-4-11(14)5-3-10;/h2-5H,6-9,15H2,1H3,(H,16,18);1H. The summed E-state index contributed by atoms with van der Waals surface area (Å²) in [6.07, 6.45) is 0.632. The van der Waals surface area contributed by atoms with Crippen LogP contribution in [0, 0.1) is 5.82 Å². The highest BCUT2D eigenvalue weighted by molar-refractivity contribution is 5.85. The summed E-state index contributed by atoms with van der Waals surface area (Å²) in [6, 6.07) is 6.14. The van der Waals surface area contributed by atoms with Crippen molar-refractivity contribution in [3.05, 3.63) is 35.6 Å². The number of benzene rings is 1. The number of amides is 2. The Morgan fingerprint density at radius 3 is 2.45 bits per heavy atom. The van der Waals surface area contributed by atoms with E-state index in [0.29, 0.717) is 13.0 Å². The quantitative estimate of drug-likeness (QED) is 0.795. The van der Waals surface area contributed by atoms with Gasteiger partial charge in [-0.05, 0) is 24.1 Å². The SMILES string of the molecule is CN(CCc1ccc(F)cc1)C(=O)CNC(=O)CN.Cl. The molecule has 5 nitrogen and oxygen atoms in total. The van der Waals surface area contributed by atoms with E-state index in [0.717, 1.165) is 5.56 Å². The minimum absolute atomic E-state index is 0. The Kier molecular flexibility index (Phi) is 8.51. The maximum Gasteiger partial charge on any atom is 0.241 e. The molecule has 1 aromatic rings. The second-order valence-electron chi connectivity index (χ2n) is 4.17. The molecule has 0 saturated heterocycles. The van der Waals surface area contributed by atoms with E-state index in [2.05, 4.69) is 5.32 Å². The summed E-state index contributed by atoms with van der Waals surface area (Å²) in [5, 5.41) is 2.41. The summed E-state index contributed by atoms with van der Waals surface area (Å²) < 4.78 is 12.7. The maximum atomic E-state index is 12.7. The lowest BCUT2D eigenvalue weighted by atomic mass is 10.1. The summed E-state index contributed by atoms with van der Waals surface area (Å²) in [5.74, 6) is -0.832. The minimum atomic E-state index is -0.361. The second kappa shape index (κ2) is 9.28. The monoisotopic (exact) mass is 303 g/mol. The molecule has 1 rings (SSSR count). The van der Waals surface area contributed by atoms with Crippen molar-refractivity contribution >= 4 is 24.2 Å². The number of carbonyl (C=O) groups excluding carboxylic acids is 2. The predicted octanol–water partition coefficient (Wildman–Crippen LogP) is 0.323. The van der Waals surface area contributed by atoms with Crippen LogP contribution >= 0.6 is 12.4 Å². The number of carbonyl (C=O) groups is 2. The molecule has 7 heteroatoms. The van der Waals surface area contributed by atoms with Gasteiger partial charge in [0, 0.05) is 13.6 Å². The molecule has 0 aliphatic heterocycles. The average Bonchev–Trinajstić information content (AvgIpc) is 2.43. The van der Waals surface area contributed by atoms with E-state index < -0.39 is 0 Å². The molecular formula is C13H19ClFN3O2. The van der Waals surface area contributed by atoms with E-state index in [1.54, 1.807) is 19.2 Å². The number of nitrogens with one attached hydrogen (secondary N) is 1. The highest BCUT2D eigenvalue weighted by Gasteiger charge is 2.09. The minimum Gasteiger partial charge on any atom is -0.346 e. The first-order valence-electron chi connectivity index (χ1n) is 5.98. The van der Waals surface area contributed by atoms with Crippen LogP contribution in [-0.4, -0.2) is 43.4 Å². The van der Waals surface area contributed by atoms with Crippen LogP contribution in [0.2, 0.25) is 0 Å². The molecule has 0 atom stereocenters. The lowest BCUT2D eigenvalue weighted by Gasteiger charge is -2.17. The molecule has 112 valence electrons. The highest BCUT2D eigenvalue weighted by atomic mass is 35.5. The van der Waals surface area contributed by atoms with Crippen LogP contribution < -0.4 is 11.1 Å². The Bertz CT molecular complexity index is 440. The average molecular weight is 304 g/mol. The summed E-state index contributed by atoms with van der Waals surface area (Å²) >= 11 is 0. The molecule has 1 aromatic carbocycles. The van der Waals surface area contributed by atoms with Crippen molar-refractivity contribution in [2.24, 2.45) is 5.73 Å². The zero-order valence-corrected chi connectivity index (χ0v) is 12.1. The number of likely N-dealkylation sites (N-methyl/N-ethyl adjacent to an activating group) is 1. The first-order valence-corrected chi connectivity index (χ1v) is 5.98. The van der Waals surface area contributed by atoms with Gasteiger partial charge in [0.15, 0.2) is 0 Å². The van der Waals surface area contributed by atoms with Crippen LogP contribution in [0.15, 0.2) is 24.3 Å². The number of hydrogen-bond donors (Lipinski definition) is 2. The Hall–Kier alpha value is -1.66. The van der Waals surface area contributed by atoms with E-state index in [-0.39, 0.29) is 43.1 Å². The Morgan fingerprint density at radius 1 is 1.30 bits per heavy atom. The van der Waals surface area contributed by atoms with Crippen molar-refractivity contribution in [3.8, 4) is 0 Å². The van der Waals surface area contributed by atoms with Gasteiger partial charge in [0.1, 0.15) is 5.82 Å². The first kappa shape index (κ1) is 18.3. The van der Waals surface area contributed by atoms with Gasteiger partial charge >= 0.3 is 0 Å². The van der Waals surface area contributed by atoms with Gasteiger partial charge in [-0.2, -0.15) is 0 Å². The normalized spacial score (nSPS) is 9.55. The number of nitrogens with two attached hydrogens (primary N) is 1. The van der Waals surface area contributed by atoms with Gasteiger partial charge in [-0.1, -0.05) is 12.1 Å². The Labute approximate surface area is 123 Å². The van der Waals surface area contributed by atoms with Gasteiger partial charge in [0.25, 0.3) is 0 Å². The first-order chi connectivity index (χ1) is 9.02. The molecule has 0 unspecified atom stereocenters. The van der Waals surface area contributed by atoms with E-state index in [1.807, 2.05) is 0 Å². The zero-order valence-electron chi connectivity index (χ0n) is 11.3. The van der Waals surface area contributed by atoms with Crippen molar-refractivity contribution in [2.45, 2.75) is 6.42 Å². The fourth-order valence-electron chi connectivity index (χ4n) is 1.45. The fourth-order valence-corrected chi connectivity index (χ4v) is 1.45. The smallest absolute Gasteiger partial charge is 0.241 e. The third-order valence-electron chi connectivity index (χ3n) is 2.70. The van der Waals surface area contributed by atoms with Gasteiger partial charge < -0.3 is 16.0 Å². The summed E-state index contributed by atoms with van der Waals surface area (Å²) in [7, 11) is 1.65. The van der Waals surface area contributed by atoms with Crippen molar-refractivity contribution in [1.82, 2.24) is 10.2 Å². The predicted molar refractivity (Wildman–Crippen MR) is 77.1 cm³/mol. The molecule has 0 radical (unpaired) electrons. The molecule has 2 amide bonds. The number of halogens is 2. The van der Waals surface area contributed by atoms with Gasteiger partial charge in [-0.15, -0.1) is 12.4 Å². The second-order valence-corrected chi connectivity index (χ2v) is 4.17. The summed E-state index contributed by atoms with van der Waals surface area (Å²) in [5.41, 5.74) is 6.06. The largest absolute Gasteiger partial charge is 0.346 e. The molecular weight excluding hydrogens is 285 g/mol. The van der Waals surface area contributed by atoms with E-state index in [4.69, 9.17) is 5.73 Å². The third-order valence-corrected chi connectivity index (χ3v) is 2.70. The molecule has 0 saturated carbocycles. The molecule has 0 heterocycles. The number of hydrogen-bond acceptors (Lipinski definition) is 3. The van der Waals surface area contributed by atoms with Crippen molar-refractivity contribution in [1.29, 1.82) is 0 Å². The van der Waals surface area contributed by atoms with E-state index >= 15 is 0 Å². The molecule has 0 bridgehead atoms. The van der Waals surface area contributed by atoms with E-state index in [9.17, 15) is 14.0 Å². The lowest BCUT2D eigenvalue weighted by Crippen LogP contribution is -2.40. The van der Waals surface area contributed by atoms with Crippen LogP contribution in [-0.2, 0) is 16.0 Å². The molecule has 0 fully saturated rings. The Balaban J connectivity index is 0.00000361. The summed E-state index contributed by atoms with van der Waals surface area (Å²) in [6.45, 7) is 0.311. The number of rotatable bonds is 6. The number of nitrogens with zero attached hydrogens (tertiary/aromatic N) is 1. The highest BCUT2D eigenvalue weighted by Crippen LogP contribution is 2.04. The topological polar surface area (TPSA) is 75.4 Å². The zero-order chi connectivity index (χ0) is 14.3. The van der Waals surface area contributed by atoms with Crippen molar-refractivity contribution < 1.29 is 14.0 Å². The molecule has 20 heavy (non-hydrogen) atoms. The van der Waals surface area contributed by atoms with Gasteiger partial charge in [-0.3, -0.25) is 9.59 Å². The van der Waals surface area contributed by atoms with E-state index in [1.165, 1.54) is 17.0 Å².